The minimum absolute atomic E-state index is 0.0483. The molecule has 0 saturated heterocycles. The summed E-state index contributed by atoms with van der Waals surface area (Å²) in [4.78, 5) is 38.8. The van der Waals surface area contributed by atoms with Crippen LogP contribution in [0.3, 0.4) is 0 Å². The number of ketones is 2. The summed E-state index contributed by atoms with van der Waals surface area (Å²) in [5, 5.41) is 2.56. The first-order chi connectivity index (χ1) is 15.3. The van der Waals surface area contributed by atoms with Gasteiger partial charge < -0.3 is 5.32 Å². The van der Waals surface area contributed by atoms with E-state index in [1.54, 1.807) is 30.3 Å². The van der Waals surface area contributed by atoms with Gasteiger partial charge in [-0.25, -0.2) is 12.8 Å². The summed E-state index contributed by atoms with van der Waals surface area (Å²) in [7, 11) is -4.36. The van der Waals surface area contributed by atoms with Crippen molar-refractivity contribution in [2.24, 2.45) is 0 Å². The Morgan fingerprint density at radius 3 is 2.22 bits per heavy atom. The van der Waals surface area contributed by atoms with Crippen LogP contribution in [0.4, 0.5) is 10.1 Å². The van der Waals surface area contributed by atoms with Gasteiger partial charge in [0.05, 0.1) is 11.4 Å². The molecule has 0 radical (unpaired) electrons. The summed E-state index contributed by atoms with van der Waals surface area (Å²) < 4.78 is 40.5. The van der Waals surface area contributed by atoms with Crippen LogP contribution in [0.2, 0.25) is 0 Å². The molecular weight excluding hydrogens is 435 g/mol. The molecule has 0 aliphatic carbocycles. The van der Waals surface area contributed by atoms with Crippen LogP contribution < -0.4 is 5.32 Å². The van der Waals surface area contributed by atoms with E-state index >= 15 is 0 Å². The molecule has 4 rings (SSSR count). The number of para-hydroxylation sites is 1. The van der Waals surface area contributed by atoms with Gasteiger partial charge >= 0.3 is 0 Å². The van der Waals surface area contributed by atoms with E-state index in [9.17, 15) is 27.2 Å². The third-order valence-corrected chi connectivity index (χ3v) is 6.88. The van der Waals surface area contributed by atoms with Gasteiger partial charge in [0.2, 0.25) is 15.9 Å². The molecule has 1 aliphatic heterocycles. The third kappa shape index (κ3) is 3.95. The number of fused-ring (bicyclic) bond motifs is 1. The molecule has 0 fully saturated rings. The Balaban J connectivity index is 1.75. The molecule has 1 amide bonds. The topological polar surface area (TPSA) is 101 Å². The predicted octanol–water partition coefficient (Wildman–Crippen LogP) is 2.90. The zero-order valence-electron chi connectivity index (χ0n) is 16.6. The Morgan fingerprint density at radius 1 is 0.906 bits per heavy atom. The Morgan fingerprint density at radius 2 is 1.53 bits per heavy atom. The normalized spacial score (nSPS) is 17.4. The zero-order valence-corrected chi connectivity index (χ0v) is 17.4. The number of carbonyl (C=O) groups excluding carboxylic acids is 3. The van der Waals surface area contributed by atoms with Crippen molar-refractivity contribution < 1.29 is 27.2 Å². The van der Waals surface area contributed by atoms with Crippen molar-refractivity contribution in [1.82, 2.24) is 4.31 Å². The number of benzene rings is 3. The Labute approximate surface area is 183 Å². The van der Waals surface area contributed by atoms with Crippen LogP contribution in [-0.4, -0.2) is 42.8 Å². The number of halogens is 1. The summed E-state index contributed by atoms with van der Waals surface area (Å²) >= 11 is 0. The van der Waals surface area contributed by atoms with Crippen molar-refractivity contribution in [2.75, 3.05) is 11.9 Å². The highest BCUT2D eigenvalue weighted by Gasteiger charge is 2.48. The number of hydrogen-bond acceptors (Lipinski definition) is 5. The molecular formula is C23H17FN2O5S. The second-order valence-electron chi connectivity index (χ2n) is 7.10. The standard InChI is InChI=1S/C23H17FN2O5S/c24-16-12-10-15(11-13-16)22(28)21-23(29)18-8-4-5-9-19(18)32(30,31)26(21)14-20(27)25-17-6-2-1-3-7-17/h1-13,21H,14H2,(H,25,27). The van der Waals surface area contributed by atoms with Crippen molar-refractivity contribution in [2.45, 2.75) is 10.9 Å². The number of sulfonamides is 1. The second-order valence-corrected chi connectivity index (χ2v) is 8.96. The number of rotatable bonds is 5. The molecule has 32 heavy (non-hydrogen) atoms. The van der Waals surface area contributed by atoms with Gasteiger partial charge in [0, 0.05) is 16.8 Å². The van der Waals surface area contributed by atoms with Gasteiger partial charge in [-0.2, -0.15) is 4.31 Å². The maximum atomic E-state index is 13.3. The van der Waals surface area contributed by atoms with Crippen molar-refractivity contribution in [1.29, 1.82) is 0 Å². The molecule has 0 aromatic heterocycles. The number of amides is 1. The summed E-state index contributed by atoms with van der Waals surface area (Å²) in [6, 6.07) is 16.5. The van der Waals surface area contributed by atoms with Crippen LogP contribution in [-0.2, 0) is 14.8 Å². The highest BCUT2D eigenvalue weighted by Crippen LogP contribution is 2.31. The number of anilines is 1. The van der Waals surface area contributed by atoms with E-state index < -0.39 is 45.9 Å². The summed E-state index contributed by atoms with van der Waals surface area (Å²) in [6.45, 7) is -0.755. The maximum Gasteiger partial charge on any atom is 0.245 e. The number of hydrogen-bond donors (Lipinski definition) is 1. The van der Waals surface area contributed by atoms with Gasteiger partial charge in [-0.05, 0) is 48.5 Å². The van der Waals surface area contributed by atoms with Crippen LogP contribution in [0.5, 0.6) is 0 Å². The lowest BCUT2D eigenvalue weighted by Crippen LogP contribution is -2.55. The number of nitrogens with one attached hydrogen (secondary N) is 1. The lowest BCUT2D eigenvalue weighted by molar-refractivity contribution is -0.116. The molecule has 162 valence electrons. The third-order valence-electron chi connectivity index (χ3n) is 5.01. The fraction of sp³-hybridized carbons (Fsp3) is 0.0870. The average Bonchev–Trinajstić information content (AvgIpc) is 2.78. The Bertz CT molecular complexity index is 1310. The monoisotopic (exact) mass is 452 g/mol. The minimum Gasteiger partial charge on any atom is -0.325 e. The van der Waals surface area contributed by atoms with E-state index in [0.29, 0.717) is 9.99 Å². The molecule has 1 atom stereocenters. The van der Waals surface area contributed by atoms with Crippen LogP contribution in [0.15, 0.2) is 83.8 Å². The smallest absolute Gasteiger partial charge is 0.245 e. The summed E-state index contributed by atoms with van der Waals surface area (Å²) in [5.41, 5.74) is 0.250. The Kier molecular flexibility index (Phi) is 5.68. The van der Waals surface area contributed by atoms with Gasteiger partial charge in [0.25, 0.3) is 0 Å². The largest absolute Gasteiger partial charge is 0.325 e. The molecule has 9 heteroatoms. The molecule has 0 saturated carbocycles. The lowest BCUT2D eigenvalue weighted by Gasteiger charge is -2.33. The maximum absolute atomic E-state index is 13.3. The van der Waals surface area contributed by atoms with Gasteiger partial charge in [-0.1, -0.05) is 30.3 Å². The molecule has 7 nitrogen and oxygen atoms in total. The van der Waals surface area contributed by atoms with Gasteiger partial charge in [0.1, 0.15) is 5.82 Å². The predicted molar refractivity (Wildman–Crippen MR) is 114 cm³/mol. The SMILES string of the molecule is O=C(CN1C(C(=O)c2ccc(F)cc2)C(=O)c2ccccc2S1(=O)=O)Nc1ccccc1. The molecule has 1 N–H and O–H groups in total. The fourth-order valence-corrected chi connectivity index (χ4v) is 5.21. The van der Waals surface area contributed by atoms with Gasteiger partial charge in [-0.15, -0.1) is 0 Å². The van der Waals surface area contributed by atoms with Crippen LogP contribution >= 0.6 is 0 Å². The lowest BCUT2D eigenvalue weighted by atomic mass is 9.95. The molecule has 1 aliphatic rings. The molecule has 3 aromatic rings. The van der Waals surface area contributed by atoms with Crippen LogP contribution in [0.25, 0.3) is 0 Å². The molecule has 1 unspecified atom stereocenters. The van der Waals surface area contributed by atoms with Crippen LogP contribution in [0, 0.1) is 5.82 Å². The van der Waals surface area contributed by atoms with E-state index in [0.717, 1.165) is 12.1 Å². The first-order valence-corrected chi connectivity index (χ1v) is 11.0. The summed E-state index contributed by atoms with van der Waals surface area (Å²) in [5.74, 6) is -2.91. The van der Waals surface area contributed by atoms with Crippen molar-refractivity contribution >= 4 is 33.2 Å². The fourth-order valence-electron chi connectivity index (χ4n) is 3.50. The molecule has 3 aromatic carbocycles. The van der Waals surface area contributed by atoms with Crippen LogP contribution in [0.1, 0.15) is 20.7 Å². The first kappa shape index (κ1) is 21.5. The van der Waals surface area contributed by atoms with Crippen molar-refractivity contribution in [3.05, 3.63) is 95.8 Å². The Hall–Kier alpha value is -3.69. The minimum atomic E-state index is -4.36. The number of Topliss-reactive ketones (excluding diaryl/α,β-unsaturated/α-hetero) is 2. The number of carbonyl (C=O) groups is 3. The van der Waals surface area contributed by atoms with E-state index in [1.807, 2.05) is 0 Å². The number of nitrogens with zero attached hydrogens (tertiary/aromatic N) is 1. The quantitative estimate of drug-likeness (QED) is 0.474. The van der Waals surface area contributed by atoms with E-state index in [2.05, 4.69) is 5.32 Å². The van der Waals surface area contributed by atoms with Gasteiger partial charge in [0.15, 0.2) is 17.6 Å². The van der Waals surface area contributed by atoms with Crippen molar-refractivity contribution in [3.8, 4) is 0 Å². The molecule has 0 bridgehead atoms. The molecule has 1 heterocycles. The highest BCUT2D eigenvalue weighted by atomic mass is 32.2. The molecule has 0 spiro atoms. The first-order valence-electron chi connectivity index (χ1n) is 9.59. The average molecular weight is 452 g/mol. The van der Waals surface area contributed by atoms with Gasteiger partial charge in [-0.3, -0.25) is 14.4 Å². The van der Waals surface area contributed by atoms with E-state index in [-0.39, 0.29) is 16.0 Å². The van der Waals surface area contributed by atoms with Crippen molar-refractivity contribution in [3.63, 3.8) is 0 Å². The highest BCUT2D eigenvalue weighted by molar-refractivity contribution is 7.89. The zero-order chi connectivity index (χ0) is 22.9. The summed E-state index contributed by atoms with van der Waals surface area (Å²) in [6.07, 6.45) is 0. The second kappa shape index (κ2) is 8.45. The van der Waals surface area contributed by atoms with E-state index in [1.165, 1.54) is 36.4 Å². The van der Waals surface area contributed by atoms with E-state index in [4.69, 9.17) is 0 Å².